The van der Waals surface area contributed by atoms with Gasteiger partial charge in [0.05, 0.1) is 35.9 Å². The number of benzene rings is 2. The first-order valence-electron chi connectivity index (χ1n) is 8.00. The van der Waals surface area contributed by atoms with E-state index in [4.69, 9.17) is 32.7 Å². The van der Waals surface area contributed by atoms with E-state index in [-0.39, 0.29) is 12.0 Å². The number of methoxy groups -OCH3 is 1. The molecular formula is C19H19Cl2NO3. The van der Waals surface area contributed by atoms with Crippen molar-refractivity contribution in [3.8, 4) is 5.75 Å². The molecule has 2 aromatic carbocycles. The van der Waals surface area contributed by atoms with E-state index >= 15 is 0 Å². The van der Waals surface area contributed by atoms with Crippen molar-refractivity contribution in [2.24, 2.45) is 0 Å². The number of amides is 1. The van der Waals surface area contributed by atoms with E-state index < -0.39 is 0 Å². The van der Waals surface area contributed by atoms with Crippen LogP contribution in [0.2, 0.25) is 10.0 Å². The zero-order valence-electron chi connectivity index (χ0n) is 14.1. The van der Waals surface area contributed by atoms with E-state index in [0.717, 1.165) is 11.1 Å². The smallest absolute Gasteiger partial charge is 0.257 e. The Labute approximate surface area is 157 Å². The summed E-state index contributed by atoms with van der Waals surface area (Å²) in [5.41, 5.74) is 2.51. The molecule has 1 amide bonds. The second-order valence-electron chi connectivity index (χ2n) is 5.99. The number of hydrogen-bond donors (Lipinski definition) is 0. The van der Waals surface area contributed by atoms with Gasteiger partial charge in [0.15, 0.2) is 0 Å². The second kappa shape index (κ2) is 7.65. The number of carbonyl (C=O) groups excluding carboxylic acids is 1. The van der Waals surface area contributed by atoms with Crippen LogP contribution in [0.4, 0.5) is 0 Å². The van der Waals surface area contributed by atoms with Gasteiger partial charge in [0, 0.05) is 6.54 Å². The average molecular weight is 380 g/mol. The summed E-state index contributed by atoms with van der Waals surface area (Å²) in [6, 6.07) is 11.0. The zero-order valence-corrected chi connectivity index (χ0v) is 15.6. The Morgan fingerprint density at radius 3 is 2.72 bits per heavy atom. The van der Waals surface area contributed by atoms with Crippen molar-refractivity contribution in [2.45, 2.75) is 13.0 Å². The van der Waals surface area contributed by atoms with Crippen LogP contribution in [0.25, 0.3) is 0 Å². The Bertz CT molecular complexity index is 794. The summed E-state index contributed by atoms with van der Waals surface area (Å²) in [5, 5.41) is 0.977. The summed E-state index contributed by atoms with van der Waals surface area (Å²) >= 11 is 12.1. The molecule has 0 aliphatic carbocycles. The molecule has 1 heterocycles. The molecule has 132 valence electrons. The highest BCUT2D eigenvalue weighted by atomic mass is 35.5. The predicted octanol–water partition coefficient (Wildman–Crippen LogP) is 4.52. The van der Waals surface area contributed by atoms with E-state index in [2.05, 4.69) is 0 Å². The molecule has 0 spiro atoms. The number of carbonyl (C=O) groups is 1. The van der Waals surface area contributed by atoms with Gasteiger partial charge < -0.3 is 14.4 Å². The van der Waals surface area contributed by atoms with E-state index in [1.54, 1.807) is 30.2 Å². The molecule has 25 heavy (non-hydrogen) atoms. The molecule has 0 saturated carbocycles. The molecule has 2 aromatic rings. The summed E-state index contributed by atoms with van der Waals surface area (Å²) in [6.07, 6.45) is -0.232. The van der Waals surface area contributed by atoms with Crippen molar-refractivity contribution in [3.05, 3.63) is 63.1 Å². The van der Waals surface area contributed by atoms with Crippen LogP contribution in [0, 0.1) is 6.92 Å². The highest BCUT2D eigenvalue weighted by Gasteiger charge is 2.28. The molecule has 0 bridgehead atoms. The molecule has 0 aromatic heterocycles. The largest absolute Gasteiger partial charge is 0.496 e. The zero-order chi connectivity index (χ0) is 18.0. The molecule has 6 heteroatoms. The molecule has 1 atom stereocenters. The van der Waals surface area contributed by atoms with Gasteiger partial charge in [-0.3, -0.25) is 4.79 Å². The van der Waals surface area contributed by atoms with Crippen LogP contribution in [-0.2, 0) is 4.74 Å². The first kappa shape index (κ1) is 18.1. The second-order valence-corrected chi connectivity index (χ2v) is 6.80. The monoisotopic (exact) mass is 379 g/mol. The number of ether oxygens (including phenoxy) is 2. The molecule has 0 N–H and O–H groups in total. The van der Waals surface area contributed by atoms with Gasteiger partial charge >= 0.3 is 0 Å². The maximum atomic E-state index is 12.9. The third-order valence-corrected chi connectivity index (χ3v) is 5.00. The lowest BCUT2D eigenvalue weighted by Crippen LogP contribution is -2.42. The predicted molar refractivity (Wildman–Crippen MR) is 98.8 cm³/mol. The minimum Gasteiger partial charge on any atom is -0.496 e. The normalized spacial score (nSPS) is 17.4. The third-order valence-electron chi connectivity index (χ3n) is 4.26. The Morgan fingerprint density at radius 2 is 2.00 bits per heavy atom. The Hall–Kier alpha value is -1.75. The van der Waals surface area contributed by atoms with E-state index in [1.165, 1.54) is 0 Å². The van der Waals surface area contributed by atoms with Gasteiger partial charge in [-0.1, -0.05) is 35.3 Å². The number of halogens is 2. The molecule has 4 nitrogen and oxygen atoms in total. The third kappa shape index (κ3) is 3.92. The van der Waals surface area contributed by atoms with Crippen LogP contribution in [-0.4, -0.2) is 37.6 Å². The van der Waals surface area contributed by atoms with Gasteiger partial charge in [0.25, 0.3) is 5.91 Å². The van der Waals surface area contributed by atoms with E-state index in [0.29, 0.717) is 41.1 Å². The molecule has 1 fully saturated rings. The number of morpholine rings is 1. The summed E-state index contributed by atoms with van der Waals surface area (Å²) < 4.78 is 11.2. The minimum absolute atomic E-state index is 0.0646. The van der Waals surface area contributed by atoms with Gasteiger partial charge in [-0.2, -0.15) is 0 Å². The van der Waals surface area contributed by atoms with Gasteiger partial charge in [0.1, 0.15) is 11.9 Å². The molecule has 1 aliphatic heterocycles. The quantitative estimate of drug-likeness (QED) is 0.786. The molecule has 1 saturated heterocycles. The van der Waals surface area contributed by atoms with Crippen molar-refractivity contribution in [2.75, 3.05) is 26.8 Å². The Balaban J connectivity index is 1.81. The van der Waals surface area contributed by atoms with Gasteiger partial charge in [-0.25, -0.2) is 0 Å². The van der Waals surface area contributed by atoms with Crippen molar-refractivity contribution in [1.82, 2.24) is 4.90 Å². The van der Waals surface area contributed by atoms with Crippen LogP contribution in [0.3, 0.4) is 0 Å². The fraction of sp³-hybridized carbons (Fsp3) is 0.316. The Morgan fingerprint density at radius 1 is 1.20 bits per heavy atom. The van der Waals surface area contributed by atoms with E-state index in [1.807, 2.05) is 25.1 Å². The fourth-order valence-electron chi connectivity index (χ4n) is 2.89. The lowest BCUT2D eigenvalue weighted by Gasteiger charge is -2.33. The van der Waals surface area contributed by atoms with Crippen LogP contribution < -0.4 is 4.74 Å². The molecule has 1 aliphatic rings. The van der Waals surface area contributed by atoms with Gasteiger partial charge in [-0.15, -0.1) is 0 Å². The maximum Gasteiger partial charge on any atom is 0.257 e. The van der Waals surface area contributed by atoms with Gasteiger partial charge in [-0.05, 0) is 42.3 Å². The lowest BCUT2D eigenvalue weighted by molar-refractivity contribution is -0.0229. The number of rotatable bonds is 3. The first-order valence-corrected chi connectivity index (χ1v) is 8.75. The van der Waals surface area contributed by atoms with Crippen LogP contribution in [0.5, 0.6) is 5.75 Å². The van der Waals surface area contributed by atoms with Gasteiger partial charge in [0.2, 0.25) is 0 Å². The molecule has 0 radical (unpaired) electrons. The van der Waals surface area contributed by atoms with E-state index in [9.17, 15) is 4.79 Å². The number of nitrogens with zero attached hydrogens (tertiary/aromatic N) is 1. The topological polar surface area (TPSA) is 38.8 Å². The summed E-state index contributed by atoms with van der Waals surface area (Å²) in [5.74, 6) is 0.521. The fourth-order valence-corrected chi connectivity index (χ4v) is 3.20. The summed E-state index contributed by atoms with van der Waals surface area (Å²) in [7, 11) is 1.57. The van der Waals surface area contributed by atoms with Crippen LogP contribution in [0.15, 0.2) is 36.4 Å². The number of aryl methyl sites for hydroxylation is 1. The average Bonchev–Trinajstić information content (AvgIpc) is 2.63. The Kier molecular flexibility index (Phi) is 5.52. The van der Waals surface area contributed by atoms with Crippen molar-refractivity contribution in [1.29, 1.82) is 0 Å². The standard InChI is InChI=1S/C19H19Cl2NO3/c1-12-3-5-14(17(9-12)24-2)19(23)22-7-8-25-18(11-22)13-4-6-15(20)16(21)10-13/h3-6,9-10,18H,7-8,11H2,1-2H3/t18-/m1/s1. The molecule has 3 rings (SSSR count). The summed E-state index contributed by atoms with van der Waals surface area (Å²) in [4.78, 5) is 14.7. The van der Waals surface area contributed by atoms with Crippen LogP contribution in [0.1, 0.15) is 27.6 Å². The lowest BCUT2D eigenvalue weighted by atomic mass is 10.1. The molecule has 0 unspecified atom stereocenters. The SMILES string of the molecule is COc1cc(C)ccc1C(=O)N1CCO[C@@H](c2ccc(Cl)c(Cl)c2)C1. The highest BCUT2D eigenvalue weighted by molar-refractivity contribution is 6.42. The first-order chi connectivity index (χ1) is 12.0. The van der Waals surface area contributed by atoms with Crippen molar-refractivity contribution in [3.63, 3.8) is 0 Å². The maximum absolute atomic E-state index is 12.9. The van der Waals surface area contributed by atoms with Crippen LogP contribution >= 0.6 is 23.2 Å². The minimum atomic E-state index is -0.232. The summed E-state index contributed by atoms with van der Waals surface area (Å²) in [6.45, 7) is 3.41. The molecular weight excluding hydrogens is 361 g/mol. The highest BCUT2D eigenvalue weighted by Crippen LogP contribution is 2.30. The van der Waals surface area contributed by atoms with Crippen molar-refractivity contribution >= 4 is 29.1 Å². The number of hydrogen-bond acceptors (Lipinski definition) is 3. The van der Waals surface area contributed by atoms with Crippen molar-refractivity contribution < 1.29 is 14.3 Å².